The highest BCUT2D eigenvalue weighted by molar-refractivity contribution is 7.90. The van der Waals surface area contributed by atoms with Crippen LogP contribution in [0.25, 0.3) is 0 Å². The summed E-state index contributed by atoms with van der Waals surface area (Å²) in [5.74, 6) is -0.102. The fourth-order valence-electron chi connectivity index (χ4n) is 4.85. The van der Waals surface area contributed by atoms with Crippen LogP contribution in [0.2, 0.25) is 0 Å². The number of hydrogen-bond donors (Lipinski definition) is 2. The van der Waals surface area contributed by atoms with Crippen molar-refractivity contribution in [3.05, 3.63) is 65.7 Å². The van der Waals surface area contributed by atoms with E-state index < -0.39 is 32.3 Å². The molecule has 2 aliphatic heterocycles. The molecule has 1 amide bonds. The van der Waals surface area contributed by atoms with Crippen LogP contribution in [-0.4, -0.2) is 62.6 Å². The first-order valence-electron chi connectivity index (χ1n) is 11.5. The number of para-hydroxylation sites is 1. The number of amides is 1. The number of rotatable bonds is 7. The van der Waals surface area contributed by atoms with Crippen molar-refractivity contribution in [2.24, 2.45) is 4.99 Å². The average Bonchev–Trinajstić information content (AvgIpc) is 3.23. The van der Waals surface area contributed by atoms with Crippen LogP contribution in [-0.2, 0) is 15.4 Å². The molecule has 2 heterocycles. The van der Waals surface area contributed by atoms with Crippen LogP contribution in [0.15, 0.2) is 59.6 Å². The van der Waals surface area contributed by atoms with Gasteiger partial charge in [0.1, 0.15) is 5.75 Å². The molecular weight excluding hydrogens is 452 g/mol. The highest BCUT2D eigenvalue weighted by Gasteiger charge is 2.52. The van der Waals surface area contributed by atoms with Gasteiger partial charge in [-0.15, -0.1) is 0 Å². The van der Waals surface area contributed by atoms with Crippen LogP contribution in [0.5, 0.6) is 5.75 Å². The summed E-state index contributed by atoms with van der Waals surface area (Å²) in [7, 11) is -2.53. The molecule has 2 aliphatic rings. The number of sulfonamides is 1. The van der Waals surface area contributed by atoms with Crippen LogP contribution >= 0.6 is 0 Å². The monoisotopic (exact) mass is 484 g/mol. The number of carbonyl (C=O) groups is 1. The summed E-state index contributed by atoms with van der Waals surface area (Å²) in [5, 5.41) is 5.07. The van der Waals surface area contributed by atoms with Gasteiger partial charge in [-0.05, 0) is 57.5 Å². The third-order valence-electron chi connectivity index (χ3n) is 6.66. The fraction of sp³-hybridized carbons (Fsp3) is 0.440. The molecule has 8 nitrogen and oxygen atoms in total. The predicted octanol–water partition coefficient (Wildman–Crippen LogP) is 2.52. The average molecular weight is 485 g/mol. The Kier molecular flexibility index (Phi) is 6.69. The third kappa shape index (κ3) is 4.54. The van der Waals surface area contributed by atoms with Gasteiger partial charge in [0, 0.05) is 5.41 Å². The zero-order chi connectivity index (χ0) is 24.4. The van der Waals surface area contributed by atoms with Gasteiger partial charge in [-0.25, -0.2) is 8.42 Å². The van der Waals surface area contributed by atoms with Crippen molar-refractivity contribution in [2.75, 3.05) is 26.7 Å². The molecule has 0 aliphatic carbocycles. The summed E-state index contributed by atoms with van der Waals surface area (Å²) in [6.07, 6.45) is 2.50. The maximum Gasteiger partial charge on any atom is 0.258 e. The van der Waals surface area contributed by atoms with E-state index in [1.54, 1.807) is 24.3 Å². The number of benzene rings is 2. The van der Waals surface area contributed by atoms with E-state index in [4.69, 9.17) is 4.74 Å². The molecule has 1 fully saturated rings. The predicted molar refractivity (Wildman–Crippen MR) is 133 cm³/mol. The number of hydrogen-bond acceptors (Lipinski definition) is 6. The fourth-order valence-corrected chi connectivity index (χ4v) is 6.99. The molecule has 0 radical (unpaired) electrons. The van der Waals surface area contributed by atoms with E-state index >= 15 is 0 Å². The lowest BCUT2D eigenvalue weighted by atomic mass is 9.72. The van der Waals surface area contributed by atoms with E-state index in [1.807, 2.05) is 44.2 Å². The summed E-state index contributed by atoms with van der Waals surface area (Å²) in [5.41, 5.74) is -0.166. The number of piperidine rings is 1. The lowest BCUT2D eigenvalue weighted by Crippen LogP contribution is -2.61. The normalized spacial score (nSPS) is 20.0. The molecular formula is C25H32N4O4S. The Balaban J connectivity index is 1.82. The van der Waals surface area contributed by atoms with Crippen molar-refractivity contribution in [1.82, 2.24) is 14.9 Å². The van der Waals surface area contributed by atoms with E-state index in [1.165, 1.54) is 17.8 Å². The number of carbonyl (C=O) groups excluding carboxylic acids is 1. The molecule has 2 aromatic rings. The Labute approximate surface area is 201 Å². The highest BCUT2D eigenvalue weighted by atomic mass is 32.2. The van der Waals surface area contributed by atoms with E-state index in [0.29, 0.717) is 31.7 Å². The Bertz CT molecular complexity index is 1160. The van der Waals surface area contributed by atoms with E-state index in [0.717, 1.165) is 5.56 Å². The van der Waals surface area contributed by atoms with Crippen LogP contribution in [0.1, 0.15) is 42.6 Å². The van der Waals surface area contributed by atoms with E-state index in [2.05, 4.69) is 15.6 Å². The molecule has 0 aromatic heterocycles. The molecule has 2 aromatic carbocycles. The number of ether oxygens (including phenoxy) is 1. The van der Waals surface area contributed by atoms with Crippen molar-refractivity contribution in [1.29, 1.82) is 0 Å². The largest absolute Gasteiger partial charge is 0.496 e. The second-order valence-corrected chi connectivity index (χ2v) is 11.4. The molecule has 182 valence electrons. The van der Waals surface area contributed by atoms with Crippen molar-refractivity contribution in [3.8, 4) is 5.75 Å². The zero-order valence-corrected chi connectivity index (χ0v) is 20.6. The Morgan fingerprint density at radius 1 is 1.09 bits per heavy atom. The summed E-state index contributed by atoms with van der Waals surface area (Å²) < 4.78 is 35.0. The van der Waals surface area contributed by atoms with Crippen LogP contribution in [0.3, 0.4) is 0 Å². The first-order chi connectivity index (χ1) is 16.2. The van der Waals surface area contributed by atoms with Crippen LogP contribution in [0.4, 0.5) is 0 Å². The minimum absolute atomic E-state index is 0.222. The summed E-state index contributed by atoms with van der Waals surface area (Å²) in [6.45, 7) is 5.29. The molecule has 1 saturated heterocycles. The molecule has 0 spiro atoms. The highest BCUT2D eigenvalue weighted by Crippen LogP contribution is 2.41. The topological polar surface area (TPSA) is 100 Å². The zero-order valence-electron chi connectivity index (χ0n) is 19.8. The SMILES string of the molecule is COc1ccccc1C(=O)NC(C1(c2ccccc2)CCNCC1)S(=O)(=O)N1C=NC(C)(C)C1. The van der Waals surface area contributed by atoms with Crippen LogP contribution < -0.4 is 15.4 Å². The molecule has 0 saturated carbocycles. The van der Waals surface area contributed by atoms with Gasteiger partial charge in [-0.3, -0.25) is 14.1 Å². The molecule has 34 heavy (non-hydrogen) atoms. The van der Waals surface area contributed by atoms with Gasteiger partial charge in [0.05, 0.1) is 31.1 Å². The molecule has 1 unspecified atom stereocenters. The number of nitrogens with zero attached hydrogens (tertiary/aromatic N) is 2. The van der Waals surface area contributed by atoms with Crippen LogP contribution in [0, 0.1) is 0 Å². The standard InChI is InChI=1S/C25H32N4O4S/c1-24(2)17-29(18-27-24)34(31,32)23(28-22(30)20-11-7-8-12-21(20)33-3)25(13-15-26-16-14-25)19-9-5-4-6-10-19/h4-12,18,23,26H,13-17H2,1-3H3,(H,28,30). The summed E-state index contributed by atoms with van der Waals surface area (Å²) in [6, 6.07) is 16.4. The number of aliphatic imine (C=N–C) groups is 1. The first kappa shape index (κ1) is 24.2. The lowest BCUT2D eigenvalue weighted by Gasteiger charge is -2.45. The van der Waals surface area contributed by atoms with Crippen molar-refractivity contribution in [3.63, 3.8) is 0 Å². The quantitative estimate of drug-likeness (QED) is 0.629. The summed E-state index contributed by atoms with van der Waals surface area (Å²) in [4.78, 5) is 17.9. The van der Waals surface area contributed by atoms with E-state index in [-0.39, 0.29) is 12.1 Å². The van der Waals surface area contributed by atoms with Gasteiger partial charge in [-0.2, -0.15) is 0 Å². The minimum atomic E-state index is -4.02. The maximum absolute atomic E-state index is 14.2. The smallest absolute Gasteiger partial charge is 0.258 e. The third-order valence-corrected chi connectivity index (χ3v) is 8.71. The van der Waals surface area contributed by atoms with Gasteiger partial charge >= 0.3 is 0 Å². The molecule has 1 atom stereocenters. The number of methoxy groups -OCH3 is 1. The second kappa shape index (κ2) is 9.38. The molecule has 9 heteroatoms. The van der Waals surface area contributed by atoms with Gasteiger partial charge in [-0.1, -0.05) is 42.5 Å². The molecule has 2 N–H and O–H groups in total. The minimum Gasteiger partial charge on any atom is -0.496 e. The Morgan fingerprint density at radius 2 is 1.74 bits per heavy atom. The second-order valence-electron chi connectivity index (χ2n) is 9.47. The van der Waals surface area contributed by atoms with E-state index in [9.17, 15) is 13.2 Å². The number of nitrogens with one attached hydrogen (secondary N) is 2. The van der Waals surface area contributed by atoms with Crippen molar-refractivity contribution in [2.45, 2.75) is 43.0 Å². The Hall–Kier alpha value is -2.91. The van der Waals surface area contributed by atoms with Crippen molar-refractivity contribution < 1.29 is 17.9 Å². The lowest BCUT2D eigenvalue weighted by molar-refractivity contribution is 0.0921. The van der Waals surface area contributed by atoms with Gasteiger partial charge in [0.2, 0.25) is 0 Å². The van der Waals surface area contributed by atoms with Crippen molar-refractivity contribution >= 4 is 22.3 Å². The maximum atomic E-state index is 14.2. The molecule has 4 rings (SSSR count). The van der Waals surface area contributed by atoms with Gasteiger partial charge in [0.25, 0.3) is 15.9 Å². The summed E-state index contributed by atoms with van der Waals surface area (Å²) >= 11 is 0. The Morgan fingerprint density at radius 3 is 2.35 bits per heavy atom. The first-order valence-corrected chi connectivity index (χ1v) is 13.0. The van der Waals surface area contributed by atoms with Gasteiger partial charge in [0.15, 0.2) is 5.37 Å². The van der Waals surface area contributed by atoms with Gasteiger partial charge < -0.3 is 15.4 Å². The molecule has 0 bridgehead atoms.